The maximum Gasteiger partial charge on any atom is 0.326 e. The highest BCUT2D eigenvalue weighted by atomic mass is 16.4. The van der Waals surface area contributed by atoms with Gasteiger partial charge >= 0.3 is 5.97 Å². The Labute approximate surface area is 209 Å². The Bertz CT molecular complexity index is 943. The van der Waals surface area contributed by atoms with Gasteiger partial charge in [-0.25, -0.2) is 4.79 Å². The van der Waals surface area contributed by atoms with Crippen LogP contribution in [-0.4, -0.2) is 77.1 Å². The monoisotopic (exact) mass is 505 g/mol. The van der Waals surface area contributed by atoms with Crippen LogP contribution < -0.4 is 32.7 Å². The molecule has 13 heteroatoms. The molecule has 1 aliphatic rings. The fraction of sp³-hybridized carbons (Fsp3) is 0.522. The predicted octanol–water partition coefficient (Wildman–Crippen LogP) is -1.70. The van der Waals surface area contributed by atoms with Gasteiger partial charge in [-0.15, -0.1) is 0 Å². The second-order valence-corrected chi connectivity index (χ2v) is 8.66. The molecule has 1 saturated heterocycles. The number of carbonyl (C=O) groups is 4. The maximum atomic E-state index is 13.0. The van der Waals surface area contributed by atoms with E-state index in [0.717, 1.165) is 13.0 Å². The van der Waals surface area contributed by atoms with Crippen molar-refractivity contribution in [3.63, 3.8) is 0 Å². The average Bonchev–Trinajstić information content (AvgIpc) is 3.36. The molecule has 36 heavy (non-hydrogen) atoms. The largest absolute Gasteiger partial charge is 0.508 e. The van der Waals surface area contributed by atoms with Crippen molar-refractivity contribution in [1.29, 1.82) is 0 Å². The number of phenolic OH excluding ortho intramolecular Hbond substituents is 1. The Morgan fingerprint density at radius 2 is 1.75 bits per heavy atom. The number of benzene rings is 1. The number of aliphatic carboxylic acids is 1. The van der Waals surface area contributed by atoms with Crippen LogP contribution in [0.1, 0.15) is 38.2 Å². The molecule has 10 N–H and O–H groups in total. The molecular formula is C23H35N7O6. The zero-order valence-electron chi connectivity index (χ0n) is 20.2. The summed E-state index contributed by atoms with van der Waals surface area (Å²) in [5.41, 5.74) is 11.2. The molecule has 0 saturated carbocycles. The SMILES string of the molecule is CC(NC(=O)C1CCCN1)C(=O)NC(CCCN=C(N)N)C(=O)NC(Cc1ccc(O)cc1)C(=O)O. The number of rotatable bonds is 13. The number of guanidine groups is 1. The molecule has 0 bridgehead atoms. The van der Waals surface area contributed by atoms with Crippen molar-refractivity contribution >= 4 is 29.7 Å². The Morgan fingerprint density at radius 1 is 1.08 bits per heavy atom. The van der Waals surface area contributed by atoms with Crippen molar-refractivity contribution in [2.75, 3.05) is 13.1 Å². The van der Waals surface area contributed by atoms with Crippen LogP contribution >= 0.6 is 0 Å². The average molecular weight is 506 g/mol. The van der Waals surface area contributed by atoms with Gasteiger partial charge in [-0.05, 0) is 56.8 Å². The molecule has 1 aromatic rings. The zero-order chi connectivity index (χ0) is 26.7. The number of phenols is 1. The molecule has 2 rings (SSSR count). The normalized spacial score (nSPS) is 17.3. The summed E-state index contributed by atoms with van der Waals surface area (Å²) in [7, 11) is 0. The van der Waals surface area contributed by atoms with Gasteiger partial charge in [0.15, 0.2) is 5.96 Å². The van der Waals surface area contributed by atoms with E-state index in [2.05, 4.69) is 26.3 Å². The van der Waals surface area contributed by atoms with E-state index in [-0.39, 0.29) is 43.0 Å². The first-order valence-electron chi connectivity index (χ1n) is 11.8. The summed E-state index contributed by atoms with van der Waals surface area (Å²) in [5.74, 6) is -2.93. The van der Waals surface area contributed by atoms with E-state index >= 15 is 0 Å². The quantitative estimate of drug-likeness (QED) is 0.0868. The minimum atomic E-state index is -1.27. The standard InChI is InChI=1S/C23H35N7O6/c1-13(28-20(33)16-4-2-10-26-16)19(32)29-17(5-3-11-27-23(24)25)21(34)30-18(22(35)36)12-14-6-8-15(31)9-7-14/h6-9,13,16-18,26,31H,2-5,10-12H2,1H3,(H,28,33)(H,29,32)(H,30,34)(H,35,36)(H4,24,25,27). The van der Waals surface area contributed by atoms with E-state index in [4.69, 9.17) is 11.5 Å². The molecule has 1 fully saturated rings. The summed E-state index contributed by atoms with van der Waals surface area (Å²) in [6.45, 7) is 2.44. The topological polar surface area (TPSA) is 221 Å². The van der Waals surface area contributed by atoms with E-state index in [1.807, 2.05) is 0 Å². The Kier molecular flexibility index (Phi) is 10.9. The fourth-order valence-corrected chi connectivity index (χ4v) is 3.70. The highest BCUT2D eigenvalue weighted by Crippen LogP contribution is 2.12. The molecule has 0 radical (unpaired) electrons. The highest BCUT2D eigenvalue weighted by Gasteiger charge is 2.29. The van der Waals surface area contributed by atoms with Crippen LogP contribution in [0.15, 0.2) is 29.3 Å². The first kappa shape index (κ1) is 28.4. The number of amides is 3. The smallest absolute Gasteiger partial charge is 0.326 e. The third-order valence-corrected chi connectivity index (χ3v) is 5.70. The van der Waals surface area contributed by atoms with Gasteiger partial charge in [-0.2, -0.15) is 0 Å². The molecule has 1 aliphatic heterocycles. The van der Waals surface area contributed by atoms with Gasteiger partial charge < -0.3 is 42.9 Å². The van der Waals surface area contributed by atoms with Gasteiger partial charge in [0.05, 0.1) is 6.04 Å². The summed E-state index contributed by atoms with van der Waals surface area (Å²) in [6, 6.07) is 2.29. The van der Waals surface area contributed by atoms with Gasteiger partial charge in [0.1, 0.15) is 23.9 Å². The first-order valence-corrected chi connectivity index (χ1v) is 11.8. The number of hydrogen-bond acceptors (Lipinski definition) is 7. The van der Waals surface area contributed by atoms with Crippen molar-refractivity contribution in [2.24, 2.45) is 16.5 Å². The van der Waals surface area contributed by atoms with Crippen LogP contribution in [0.5, 0.6) is 5.75 Å². The number of aromatic hydroxyl groups is 1. The third-order valence-electron chi connectivity index (χ3n) is 5.70. The minimum absolute atomic E-state index is 0.0307. The number of carbonyl (C=O) groups excluding carboxylic acids is 3. The number of carboxylic acid groups (broad SMARTS) is 1. The van der Waals surface area contributed by atoms with Crippen molar-refractivity contribution < 1.29 is 29.4 Å². The van der Waals surface area contributed by atoms with E-state index in [1.54, 1.807) is 12.1 Å². The molecule has 3 amide bonds. The molecule has 13 nitrogen and oxygen atoms in total. The highest BCUT2D eigenvalue weighted by molar-refractivity contribution is 5.94. The third kappa shape index (κ3) is 9.41. The van der Waals surface area contributed by atoms with Crippen LogP contribution in [0.4, 0.5) is 0 Å². The molecule has 0 aromatic heterocycles. The molecule has 1 aromatic carbocycles. The molecule has 4 atom stereocenters. The lowest BCUT2D eigenvalue weighted by Crippen LogP contribution is -2.56. The molecule has 0 aliphatic carbocycles. The van der Waals surface area contributed by atoms with E-state index in [9.17, 15) is 29.4 Å². The van der Waals surface area contributed by atoms with Gasteiger partial charge in [-0.1, -0.05) is 12.1 Å². The molecule has 198 valence electrons. The fourth-order valence-electron chi connectivity index (χ4n) is 3.70. The zero-order valence-corrected chi connectivity index (χ0v) is 20.2. The lowest BCUT2D eigenvalue weighted by Gasteiger charge is -2.24. The van der Waals surface area contributed by atoms with Gasteiger partial charge in [0.25, 0.3) is 0 Å². The molecular weight excluding hydrogens is 470 g/mol. The van der Waals surface area contributed by atoms with Crippen molar-refractivity contribution in [1.82, 2.24) is 21.3 Å². The minimum Gasteiger partial charge on any atom is -0.508 e. The lowest BCUT2D eigenvalue weighted by atomic mass is 10.0. The molecule has 0 spiro atoms. The second-order valence-electron chi connectivity index (χ2n) is 8.66. The summed E-state index contributed by atoms with van der Waals surface area (Å²) >= 11 is 0. The number of nitrogens with two attached hydrogens (primary N) is 2. The Balaban J connectivity index is 2.05. The lowest BCUT2D eigenvalue weighted by molar-refractivity contribution is -0.142. The summed E-state index contributed by atoms with van der Waals surface area (Å²) < 4.78 is 0. The van der Waals surface area contributed by atoms with Crippen LogP contribution in [0.3, 0.4) is 0 Å². The van der Waals surface area contributed by atoms with E-state index in [1.165, 1.54) is 19.1 Å². The van der Waals surface area contributed by atoms with Crippen LogP contribution in [0.2, 0.25) is 0 Å². The van der Waals surface area contributed by atoms with Crippen LogP contribution in [0, 0.1) is 0 Å². The van der Waals surface area contributed by atoms with Crippen LogP contribution in [-0.2, 0) is 25.6 Å². The van der Waals surface area contributed by atoms with E-state index in [0.29, 0.717) is 18.4 Å². The van der Waals surface area contributed by atoms with Crippen molar-refractivity contribution in [3.8, 4) is 5.75 Å². The molecule has 1 heterocycles. The second kappa shape index (κ2) is 13.9. The van der Waals surface area contributed by atoms with Crippen LogP contribution in [0.25, 0.3) is 0 Å². The first-order chi connectivity index (χ1) is 17.1. The van der Waals surface area contributed by atoms with Crippen molar-refractivity contribution in [2.45, 2.75) is 63.2 Å². The number of carboxylic acids is 1. The van der Waals surface area contributed by atoms with E-state index < -0.39 is 35.9 Å². The Morgan fingerprint density at radius 3 is 2.33 bits per heavy atom. The van der Waals surface area contributed by atoms with Crippen molar-refractivity contribution in [3.05, 3.63) is 29.8 Å². The number of nitrogens with zero attached hydrogens (tertiary/aromatic N) is 1. The van der Waals surface area contributed by atoms with Gasteiger partial charge in [0.2, 0.25) is 17.7 Å². The summed E-state index contributed by atoms with van der Waals surface area (Å²) in [6.07, 6.45) is 1.97. The predicted molar refractivity (Wildman–Crippen MR) is 132 cm³/mol. The van der Waals surface area contributed by atoms with Gasteiger partial charge in [0, 0.05) is 13.0 Å². The summed E-state index contributed by atoms with van der Waals surface area (Å²) in [5, 5.41) is 29.8. The maximum absolute atomic E-state index is 13.0. The summed E-state index contributed by atoms with van der Waals surface area (Å²) in [4.78, 5) is 53.7. The molecule has 4 unspecified atom stereocenters. The Hall–Kier alpha value is -3.87. The number of hydrogen-bond donors (Lipinski definition) is 8. The number of aliphatic imine (C=N–C) groups is 1. The van der Waals surface area contributed by atoms with Gasteiger partial charge in [-0.3, -0.25) is 19.4 Å². The number of nitrogens with one attached hydrogen (secondary N) is 4.